The molecule has 0 heterocycles. The largest absolute Gasteiger partial charge is 0.508 e. The van der Waals surface area contributed by atoms with Crippen molar-refractivity contribution < 1.29 is 14.3 Å². The first-order valence-electron chi connectivity index (χ1n) is 4.84. The van der Waals surface area contributed by atoms with Crippen molar-refractivity contribution in [1.29, 1.82) is 0 Å². The highest BCUT2D eigenvalue weighted by Crippen LogP contribution is 2.22. The molecule has 0 spiro atoms. The van der Waals surface area contributed by atoms with E-state index in [-0.39, 0.29) is 6.10 Å². The first-order valence-corrected chi connectivity index (χ1v) is 4.84. The lowest BCUT2D eigenvalue weighted by molar-refractivity contribution is 0.0610. The smallest absolute Gasteiger partial charge is 0.438 e. The van der Waals surface area contributed by atoms with Crippen molar-refractivity contribution in [1.82, 2.24) is 0 Å². The van der Waals surface area contributed by atoms with Gasteiger partial charge in [-0.25, -0.2) is 4.79 Å². The zero-order valence-electron chi connectivity index (χ0n) is 8.49. The fraction of sp³-hybridized carbons (Fsp3) is 0.545. The molecule has 14 heavy (non-hydrogen) atoms. The Morgan fingerprint density at radius 2 is 2.43 bits per heavy atom. The number of hydrogen-bond donors (Lipinski definition) is 0. The maximum atomic E-state index is 10.9. The Labute approximate surface area is 84.4 Å². The zero-order chi connectivity index (χ0) is 10.4. The summed E-state index contributed by atoms with van der Waals surface area (Å²) >= 11 is 0. The quantitative estimate of drug-likeness (QED) is 0.514. The van der Waals surface area contributed by atoms with Crippen LogP contribution in [0.15, 0.2) is 24.3 Å². The standard InChI is InChI=1S/C11H16O3/c1-3-10(14-11(12)13-2)9-7-5-4-6-8-9/h3,7,10H,1,4-6,8H2,2H3/t10-/m1/s1. The summed E-state index contributed by atoms with van der Waals surface area (Å²) in [5, 5.41) is 0. The highest BCUT2D eigenvalue weighted by Gasteiger charge is 2.17. The minimum Gasteiger partial charge on any atom is -0.438 e. The first-order chi connectivity index (χ1) is 6.77. The number of ether oxygens (including phenoxy) is 2. The fourth-order valence-electron chi connectivity index (χ4n) is 1.55. The van der Waals surface area contributed by atoms with Gasteiger partial charge in [0.05, 0.1) is 7.11 Å². The van der Waals surface area contributed by atoms with Crippen LogP contribution in [0.3, 0.4) is 0 Å². The van der Waals surface area contributed by atoms with Crippen molar-refractivity contribution in [3.05, 3.63) is 24.3 Å². The van der Waals surface area contributed by atoms with Crippen LogP contribution in [0.5, 0.6) is 0 Å². The average molecular weight is 196 g/mol. The topological polar surface area (TPSA) is 35.5 Å². The van der Waals surface area contributed by atoms with Gasteiger partial charge in [-0.3, -0.25) is 0 Å². The minimum atomic E-state index is -0.652. The summed E-state index contributed by atoms with van der Waals surface area (Å²) in [5.74, 6) is 0. The monoisotopic (exact) mass is 196 g/mol. The van der Waals surface area contributed by atoms with Gasteiger partial charge >= 0.3 is 6.16 Å². The molecule has 0 aromatic heterocycles. The van der Waals surface area contributed by atoms with Crippen LogP contribution in [-0.4, -0.2) is 19.4 Å². The molecular formula is C11H16O3. The van der Waals surface area contributed by atoms with Crippen LogP contribution >= 0.6 is 0 Å². The van der Waals surface area contributed by atoms with Crippen LogP contribution in [0.25, 0.3) is 0 Å². The molecule has 0 fully saturated rings. The summed E-state index contributed by atoms with van der Waals surface area (Å²) in [6.07, 6.45) is 7.20. The number of carbonyl (C=O) groups is 1. The Balaban J connectivity index is 2.56. The van der Waals surface area contributed by atoms with Crippen LogP contribution in [0.4, 0.5) is 4.79 Å². The molecule has 0 aromatic carbocycles. The van der Waals surface area contributed by atoms with E-state index in [9.17, 15) is 4.79 Å². The predicted molar refractivity (Wildman–Crippen MR) is 54.0 cm³/mol. The number of carbonyl (C=O) groups excluding carboxylic acids is 1. The predicted octanol–water partition coefficient (Wildman–Crippen LogP) is 2.82. The summed E-state index contributed by atoms with van der Waals surface area (Å²) in [4.78, 5) is 10.9. The summed E-state index contributed by atoms with van der Waals surface area (Å²) in [5.41, 5.74) is 1.14. The summed E-state index contributed by atoms with van der Waals surface area (Å²) in [6.45, 7) is 3.65. The molecule has 78 valence electrons. The summed E-state index contributed by atoms with van der Waals surface area (Å²) in [6, 6.07) is 0. The maximum absolute atomic E-state index is 10.9. The molecule has 3 nitrogen and oxygen atoms in total. The Morgan fingerprint density at radius 3 is 2.93 bits per heavy atom. The third-order valence-corrected chi connectivity index (χ3v) is 2.30. The van der Waals surface area contributed by atoms with Crippen molar-refractivity contribution in [2.45, 2.75) is 31.8 Å². The van der Waals surface area contributed by atoms with Gasteiger partial charge in [-0.1, -0.05) is 12.7 Å². The molecular weight excluding hydrogens is 180 g/mol. The van der Waals surface area contributed by atoms with Gasteiger partial charge in [-0.2, -0.15) is 0 Å². The van der Waals surface area contributed by atoms with Gasteiger partial charge in [0, 0.05) is 0 Å². The van der Waals surface area contributed by atoms with E-state index >= 15 is 0 Å². The molecule has 1 rings (SSSR count). The van der Waals surface area contributed by atoms with Gasteiger partial charge in [-0.15, -0.1) is 0 Å². The number of rotatable bonds is 3. The Morgan fingerprint density at radius 1 is 1.64 bits per heavy atom. The zero-order valence-corrected chi connectivity index (χ0v) is 8.49. The van der Waals surface area contributed by atoms with Gasteiger partial charge < -0.3 is 9.47 Å². The highest BCUT2D eigenvalue weighted by molar-refractivity contribution is 5.60. The SMILES string of the molecule is C=C[C@@H](OC(=O)OC)C1=CCCCC1. The van der Waals surface area contributed by atoms with Gasteiger partial charge in [0.25, 0.3) is 0 Å². The lowest BCUT2D eigenvalue weighted by Crippen LogP contribution is -2.19. The maximum Gasteiger partial charge on any atom is 0.508 e. The van der Waals surface area contributed by atoms with Crippen LogP contribution in [-0.2, 0) is 9.47 Å². The van der Waals surface area contributed by atoms with E-state index in [0.29, 0.717) is 0 Å². The van der Waals surface area contributed by atoms with Crippen molar-refractivity contribution >= 4 is 6.16 Å². The van der Waals surface area contributed by atoms with Gasteiger partial charge in [0.15, 0.2) is 0 Å². The van der Waals surface area contributed by atoms with Crippen LogP contribution < -0.4 is 0 Å². The van der Waals surface area contributed by atoms with E-state index < -0.39 is 6.16 Å². The van der Waals surface area contributed by atoms with Crippen molar-refractivity contribution in [2.24, 2.45) is 0 Å². The fourth-order valence-corrected chi connectivity index (χ4v) is 1.55. The molecule has 0 radical (unpaired) electrons. The number of allylic oxidation sites excluding steroid dienone is 1. The van der Waals surface area contributed by atoms with Gasteiger partial charge in [0.1, 0.15) is 6.10 Å². The summed E-state index contributed by atoms with van der Waals surface area (Å²) in [7, 11) is 1.30. The van der Waals surface area contributed by atoms with Gasteiger partial charge in [-0.05, 0) is 37.3 Å². The highest BCUT2D eigenvalue weighted by atomic mass is 16.7. The Kier molecular flexibility index (Phi) is 4.23. The van der Waals surface area contributed by atoms with E-state index in [0.717, 1.165) is 24.8 Å². The molecule has 0 amide bonds. The Bertz CT molecular complexity index is 243. The summed E-state index contributed by atoms with van der Waals surface area (Å²) < 4.78 is 9.48. The molecule has 0 N–H and O–H groups in total. The van der Waals surface area contributed by atoms with Crippen molar-refractivity contribution in [2.75, 3.05) is 7.11 Å². The van der Waals surface area contributed by atoms with Crippen LogP contribution in [0.2, 0.25) is 0 Å². The van der Waals surface area contributed by atoms with E-state index in [4.69, 9.17) is 4.74 Å². The van der Waals surface area contributed by atoms with E-state index in [1.807, 2.05) is 0 Å². The normalized spacial score (nSPS) is 17.9. The van der Waals surface area contributed by atoms with Gasteiger partial charge in [0.2, 0.25) is 0 Å². The number of methoxy groups -OCH3 is 1. The third-order valence-electron chi connectivity index (χ3n) is 2.30. The molecule has 0 saturated carbocycles. The molecule has 1 aliphatic rings. The Hall–Kier alpha value is -1.25. The molecule has 0 saturated heterocycles. The molecule has 3 heteroatoms. The average Bonchev–Trinajstić information content (AvgIpc) is 2.26. The molecule has 0 aliphatic heterocycles. The minimum absolute atomic E-state index is 0.317. The van der Waals surface area contributed by atoms with E-state index in [1.54, 1.807) is 6.08 Å². The number of hydrogen-bond acceptors (Lipinski definition) is 3. The lowest BCUT2D eigenvalue weighted by atomic mass is 9.95. The van der Waals surface area contributed by atoms with E-state index in [2.05, 4.69) is 17.4 Å². The van der Waals surface area contributed by atoms with Crippen LogP contribution in [0, 0.1) is 0 Å². The second kappa shape index (κ2) is 5.47. The third kappa shape index (κ3) is 2.91. The van der Waals surface area contributed by atoms with E-state index in [1.165, 1.54) is 13.5 Å². The lowest BCUT2D eigenvalue weighted by Gasteiger charge is -2.19. The van der Waals surface area contributed by atoms with Crippen molar-refractivity contribution in [3.8, 4) is 0 Å². The molecule has 1 atom stereocenters. The molecule has 0 aromatic rings. The second-order valence-corrected chi connectivity index (χ2v) is 3.25. The second-order valence-electron chi connectivity index (χ2n) is 3.25. The molecule has 1 aliphatic carbocycles. The van der Waals surface area contributed by atoms with Crippen molar-refractivity contribution in [3.63, 3.8) is 0 Å². The van der Waals surface area contributed by atoms with Crippen LogP contribution in [0.1, 0.15) is 25.7 Å². The molecule has 0 bridgehead atoms. The first kappa shape index (κ1) is 10.8. The molecule has 0 unspecified atom stereocenters.